The molecule has 3 aromatic rings. The van der Waals surface area contributed by atoms with E-state index < -0.39 is 0 Å². The van der Waals surface area contributed by atoms with Gasteiger partial charge in [-0.2, -0.15) is 0 Å². The largest absolute Gasteiger partial charge is 0.496 e. The summed E-state index contributed by atoms with van der Waals surface area (Å²) in [6, 6.07) is 15.9. The molecule has 1 amide bonds. The number of hydrogen-bond acceptors (Lipinski definition) is 5. The topological polar surface area (TPSA) is 54.5 Å². The molecule has 0 saturated carbocycles. The zero-order valence-electron chi connectivity index (χ0n) is 18.1. The van der Waals surface area contributed by atoms with Gasteiger partial charge in [0.25, 0.3) is 5.91 Å². The van der Waals surface area contributed by atoms with Gasteiger partial charge in [0, 0.05) is 24.8 Å². The zero-order valence-corrected chi connectivity index (χ0v) is 18.9. The lowest BCUT2D eigenvalue weighted by Gasteiger charge is -2.37. The van der Waals surface area contributed by atoms with Gasteiger partial charge in [-0.25, -0.2) is 0 Å². The molecule has 0 unspecified atom stereocenters. The predicted molar refractivity (Wildman–Crippen MR) is 124 cm³/mol. The molecule has 4 rings (SSSR count). The molecule has 1 aromatic carbocycles. The van der Waals surface area contributed by atoms with Gasteiger partial charge < -0.3 is 10.1 Å². The van der Waals surface area contributed by atoms with Crippen molar-refractivity contribution in [1.29, 1.82) is 0 Å². The first kappa shape index (κ1) is 21.5. The Hall–Kier alpha value is -2.70. The number of aromatic nitrogens is 1. The minimum Gasteiger partial charge on any atom is -0.496 e. The summed E-state index contributed by atoms with van der Waals surface area (Å²) in [4.78, 5) is 20.7. The summed E-state index contributed by atoms with van der Waals surface area (Å²) in [6.45, 7) is 4.87. The highest BCUT2D eigenvalue weighted by Gasteiger charge is 2.31. The van der Waals surface area contributed by atoms with E-state index in [0.29, 0.717) is 5.92 Å². The number of pyridine rings is 1. The molecule has 162 valence electrons. The molecular weight excluding hydrogens is 406 g/mol. The molecule has 5 nitrogen and oxygen atoms in total. The van der Waals surface area contributed by atoms with E-state index in [0.717, 1.165) is 54.4 Å². The normalized spacial score (nSPS) is 17.8. The van der Waals surface area contributed by atoms with Gasteiger partial charge >= 0.3 is 0 Å². The van der Waals surface area contributed by atoms with Crippen molar-refractivity contribution in [3.63, 3.8) is 0 Å². The van der Waals surface area contributed by atoms with E-state index in [1.165, 1.54) is 16.9 Å². The molecule has 1 aliphatic rings. The van der Waals surface area contributed by atoms with Crippen molar-refractivity contribution in [3.8, 4) is 5.75 Å². The maximum atomic E-state index is 12.9. The van der Waals surface area contributed by atoms with Crippen LogP contribution in [0.15, 0.2) is 60.1 Å². The first-order valence-electron chi connectivity index (χ1n) is 10.8. The molecule has 2 atom stereocenters. The van der Waals surface area contributed by atoms with Crippen LogP contribution in [0.2, 0.25) is 0 Å². The number of methoxy groups -OCH3 is 1. The number of ether oxygens (including phenoxy) is 1. The summed E-state index contributed by atoms with van der Waals surface area (Å²) >= 11 is 1.47. The summed E-state index contributed by atoms with van der Waals surface area (Å²) in [5.41, 5.74) is 3.29. The fourth-order valence-electron chi connectivity index (χ4n) is 4.49. The van der Waals surface area contributed by atoms with Crippen LogP contribution in [0.3, 0.4) is 0 Å². The molecule has 1 aliphatic heterocycles. The van der Waals surface area contributed by atoms with Crippen molar-refractivity contribution in [2.24, 2.45) is 5.92 Å². The van der Waals surface area contributed by atoms with Crippen LogP contribution >= 0.6 is 11.3 Å². The van der Waals surface area contributed by atoms with Gasteiger partial charge in [0.15, 0.2) is 0 Å². The van der Waals surface area contributed by atoms with Crippen LogP contribution in [0.25, 0.3) is 0 Å². The number of carbonyl (C=O) groups is 1. The summed E-state index contributed by atoms with van der Waals surface area (Å²) in [5, 5.41) is 5.21. The van der Waals surface area contributed by atoms with Crippen molar-refractivity contribution < 1.29 is 9.53 Å². The molecule has 0 spiro atoms. The number of carbonyl (C=O) groups excluding carboxylic acids is 1. The van der Waals surface area contributed by atoms with Crippen LogP contribution in [0.5, 0.6) is 5.75 Å². The molecule has 0 aliphatic carbocycles. The fourth-order valence-corrected chi connectivity index (χ4v) is 5.12. The summed E-state index contributed by atoms with van der Waals surface area (Å²) in [6.07, 6.45) is 3.96. The standard InChI is InChI=1S/C25H29N3O2S/c1-18-8-5-9-20(24(18)30-2)17-28-14-6-10-19(16-28)23(21-11-3-4-13-26-21)27-25(29)22-12-7-15-31-22/h3-5,7-9,11-13,15,19,23H,6,10,14,16-17H2,1-2H3,(H,27,29)/t19-,23+/m0/s1. The Kier molecular flexibility index (Phi) is 6.99. The minimum absolute atomic E-state index is 0.0249. The first-order valence-corrected chi connectivity index (χ1v) is 11.6. The Morgan fingerprint density at radius 1 is 1.26 bits per heavy atom. The number of likely N-dealkylation sites (tertiary alicyclic amines) is 1. The second-order valence-electron chi connectivity index (χ2n) is 8.09. The maximum absolute atomic E-state index is 12.9. The number of aryl methyl sites for hydroxylation is 1. The third-order valence-electron chi connectivity index (χ3n) is 5.94. The van der Waals surface area contributed by atoms with Crippen molar-refractivity contribution in [1.82, 2.24) is 15.2 Å². The van der Waals surface area contributed by atoms with Gasteiger partial charge in [0.2, 0.25) is 0 Å². The molecule has 6 heteroatoms. The van der Waals surface area contributed by atoms with Crippen LogP contribution in [-0.4, -0.2) is 36.0 Å². The van der Waals surface area contributed by atoms with Crippen molar-refractivity contribution in [2.45, 2.75) is 32.4 Å². The quantitative estimate of drug-likeness (QED) is 0.577. The van der Waals surface area contributed by atoms with Crippen molar-refractivity contribution in [3.05, 3.63) is 81.8 Å². The lowest BCUT2D eigenvalue weighted by atomic mass is 9.88. The lowest BCUT2D eigenvalue weighted by molar-refractivity contribution is 0.0878. The average molecular weight is 436 g/mol. The van der Waals surface area contributed by atoms with Crippen LogP contribution in [-0.2, 0) is 6.54 Å². The number of nitrogens with one attached hydrogen (secondary N) is 1. The third-order valence-corrected chi connectivity index (χ3v) is 6.81. The molecule has 31 heavy (non-hydrogen) atoms. The number of hydrogen-bond donors (Lipinski definition) is 1. The average Bonchev–Trinajstić information content (AvgIpc) is 3.33. The van der Waals surface area contributed by atoms with E-state index in [9.17, 15) is 4.79 Å². The predicted octanol–water partition coefficient (Wildman–Crippen LogP) is 4.84. The zero-order chi connectivity index (χ0) is 21.6. The highest BCUT2D eigenvalue weighted by molar-refractivity contribution is 7.12. The van der Waals surface area contributed by atoms with E-state index in [2.05, 4.69) is 40.3 Å². The van der Waals surface area contributed by atoms with E-state index in [-0.39, 0.29) is 11.9 Å². The molecule has 1 N–H and O–H groups in total. The molecule has 3 heterocycles. The molecule has 0 bridgehead atoms. The molecule has 0 radical (unpaired) electrons. The Morgan fingerprint density at radius 2 is 2.16 bits per heavy atom. The molecule has 2 aromatic heterocycles. The van der Waals surface area contributed by atoms with Gasteiger partial charge in [0.05, 0.1) is 23.7 Å². The Labute approximate surface area is 188 Å². The Morgan fingerprint density at radius 3 is 2.90 bits per heavy atom. The highest BCUT2D eigenvalue weighted by atomic mass is 32.1. The molecule has 1 saturated heterocycles. The van der Waals surface area contributed by atoms with Crippen molar-refractivity contribution >= 4 is 17.2 Å². The van der Waals surface area contributed by atoms with Crippen LogP contribution < -0.4 is 10.1 Å². The van der Waals surface area contributed by atoms with Crippen LogP contribution in [0.1, 0.15) is 45.4 Å². The van der Waals surface area contributed by atoms with Crippen LogP contribution in [0, 0.1) is 12.8 Å². The third kappa shape index (κ3) is 5.14. The van der Waals surface area contributed by atoms with E-state index in [1.807, 2.05) is 35.7 Å². The van der Waals surface area contributed by atoms with Crippen LogP contribution in [0.4, 0.5) is 0 Å². The lowest BCUT2D eigenvalue weighted by Crippen LogP contribution is -2.43. The number of rotatable bonds is 7. The van der Waals surface area contributed by atoms with Gasteiger partial charge in [-0.05, 0) is 61.4 Å². The number of thiophene rings is 1. The van der Waals surface area contributed by atoms with E-state index in [4.69, 9.17) is 4.74 Å². The molecule has 1 fully saturated rings. The second kappa shape index (κ2) is 10.1. The van der Waals surface area contributed by atoms with E-state index in [1.54, 1.807) is 13.3 Å². The number of para-hydroxylation sites is 1. The summed E-state index contributed by atoms with van der Waals surface area (Å²) in [5.74, 6) is 1.24. The minimum atomic E-state index is -0.113. The maximum Gasteiger partial charge on any atom is 0.261 e. The van der Waals surface area contributed by atoms with Gasteiger partial charge in [0.1, 0.15) is 5.75 Å². The summed E-state index contributed by atoms with van der Waals surface area (Å²) in [7, 11) is 1.74. The Balaban J connectivity index is 1.53. The first-order chi connectivity index (χ1) is 15.2. The van der Waals surface area contributed by atoms with Gasteiger partial charge in [-0.3, -0.25) is 14.7 Å². The van der Waals surface area contributed by atoms with Gasteiger partial charge in [-0.15, -0.1) is 11.3 Å². The summed E-state index contributed by atoms with van der Waals surface area (Å²) < 4.78 is 5.66. The molecular formula is C25H29N3O2S. The number of nitrogens with zero attached hydrogens (tertiary/aromatic N) is 2. The van der Waals surface area contributed by atoms with E-state index >= 15 is 0 Å². The number of benzene rings is 1. The van der Waals surface area contributed by atoms with Crippen molar-refractivity contribution in [2.75, 3.05) is 20.2 Å². The second-order valence-corrected chi connectivity index (χ2v) is 9.04. The van der Waals surface area contributed by atoms with Gasteiger partial charge in [-0.1, -0.05) is 30.3 Å². The smallest absolute Gasteiger partial charge is 0.261 e. The number of piperidine rings is 1. The SMILES string of the molecule is COc1c(C)cccc1CN1CCC[C@H]([C@@H](NC(=O)c2cccs2)c2ccccn2)C1. The monoisotopic (exact) mass is 435 g/mol. The Bertz CT molecular complexity index is 991. The fraction of sp³-hybridized carbons (Fsp3) is 0.360. The highest BCUT2D eigenvalue weighted by Crippen LogP contribution is 2.32. The number of amides is 1.